The summed E-state index contributed by atoms with van der Waals surface area (Å²) in [5.41, 5.74) is 4.03. The molecule has 0 aliphatic carbocycles. The zero-order chi connectivity index (χ0) is 13.3. The van der Waals surface area contributed by atoms with Gasteiger partial charge in [-0.3, -0.25) is 0 Å². The van der Waals surface area contributed by atoms with Gasteiger partial charge in [-0.1, -0.05) is 6.07 Å². The van der Waals surface area contributed by atoms with Gasteiger partial charge in [0.05, 0.1) is 18.4 Å². The number of hydrogen-bond acceptors (Lipinski definition) is 4. The average molecular weight is 258 g/mol. The maximum absolute atomic E-state index is 9.01. The standard InChI is InChI=1S/C14H14N2OS/c1-8-5-9(2)13(11(6-8)17-4)14-16-10(3)12(7-15)18-14/h5-6H,1-4H3. The first-order chi connectivity index (χ1) is 8.56. The molecule has 0 atom stereocenters. The predicted molar refractivity (Wildman–Crippen MR) is 73.0 cm³/mol. The highest BCUT2D eigenvalue weighted by molar-refractivity contribution is 7.15. The summed E-state index contributed by atoms with van der Waals surface area (Å²) in [5.74, 6) is 0.811. The number of hydrogen-bond donors (Lipinski definition) is 0. The van der Waals surface area contributed by atoms with Gasteiger partial charge in [0.25, 0.3) is 0 Å². The van der Waals surface area contributed by atoms with Gasteiger partial charge in [-0.25, -0.2) is 4.98 Å². The number of methoxy groups -OCH3 is 1. The van der Waals surface area contributed by atoms with Gasteiger partial charge in [-0.15, -0.1) is 11.3 Å². The predicted octanol–water partition coefficient (Wildman–Crippen LogP) is 3.62. The van der Waals surface area contributed by atoms with Gasteiger partial charge in [0.2, 0.25) is 0 Å². The van der Waals surface area contributed by atoms with Crippen molar-refractivity contribution < 1.29 is 4.74 Å². The molecule has 0 aliphatic rings. The molecule has 1 heterocycles. The molecule has 0 saturated carbocycles. The largest absolute Gasteiger partial charge is 0.496 e. The Morgan fingerprint density at radius 1 is 1.28 bits per heavy atom. The summed E-state index contributed by atoms with van der Waals surface area (Å²) in [6.07, 6.45) is 0. The van der Waals surface area contributed by atoms with Crippen molar-refractivity contribution >= 4 is 11.3 Å². The average Bonchev–Trinajstić information content (AvgIpc) is 2.68. The number of nitrogens with zero attached hydrogens (tertiary/aromatic N) is 2. The number of nitriles is 1. The van der Waals surface area contributed by atoms with Gasteiger partial charge in [0, 0.05) is 0 Å². The van der Waals surface area contributed by atoms with E-state index in [9.17, 15) is 0 Å². The zero-order valence-electron chi connectivity index (χ0n) is 10.9. The molecule has 0 unspecified atom stereocenters. The lowest BCUT2D eigenvalue weighted by atomic mass is 10.0. The van der Waals surface area contributed by atoms with Crippen LogP contribution in [0.1, 0.15) is 21.7 Å². The van der Waals surface area contributed by atoms with Gasteiger partial charge < -0.3 is 4.74 Å². The zero-order valence-corrected chi connectivity index (χ0v) is 11.7. The van der Waals surface area contributed by atoms with Crippen molar-refractivity contribution in [1.29, 1.82) is 5.26 Å². The quantitative estimate of drug-likeness (QED) is 0.826. The van der Waals surface area contributed by atoms with Crippen molar-refractivity contribution in [3.63, 3.8) is 0 Å². The minimum absolute atomic E-state index is 0.659. The van der Waals surface area contributed by atoms with Crippen LogP contribution in [-0.4, -0.2) is 12.1 Å². The topological polar surface area (TPSA) is 45.9 Å². The van der Waals surface area contributed by atoms with E-state index in [0.29, 0.717) is 4.88 Å². The summed E-state index contributed by atoms with van der Waals surface area (Å²) in [6.45, 7) is 5.93. The lowest BCUT2D eigenvalue weighted by Gasteiger charge is -2.10. The Morgan fingerprint density at radius 2 is 2.00 bits per heavy atom. The van der Waals surface area contributed by atoms with Crippen LogP contribution in [0.4, 0.5) is 0 Å². The summed E-state index contributed by atoms with van der Waals surface area (Å²) in [6, 6.07) is 6.26. The maximum Gasteiger partial charge on any atom is 0.129 e. The van der Waals surface area contributed by atoms with E-state index >= 15 is 0 Å². The Hall–Kier alpha value is -1.86. The number of aromatic nitrogens is 1. The SMILES string of the molecule is COc1cc(C)cc(C)c1-c1nc(C)c(C#N)s1. The highest BCUT2D eigenvalue weighted by Crippen LogP contribution is 2.37. The Morgan fingerprint density at radius 3 is 2.56 bits per heavy atom. The van der Waals surface area contributed by atoms with Crippen molar-refractivity contribution in [3.05, 3.63) is 33.8 Å². The van der Waals surface area contributed by atoms with Crippen molar-refractivity contribution in [1.82, 2.24) is 4.98 Å². The molecule has 1 aromatic heterocycles. The van der Waals surface area contributed by atoms with Gasteiger partial charge in [0.15, 0.2) is 0 Å². The first-order valence-electron chi connectivity index (χ1n) is 5.60. The number of ether oxygens (including phenoxy) is 1. The maximum atomic E-state index is 9.01. The van der Waals surface area contributed by atoms with Crippen LogP contribution in [0.2, 0.25) is 0 Å². The van der Waals surface area contributed by atoms with Crippen LogP contribution in [0, 0.1) is 32.1 Å². The molecule has 3 nitrogen and oxygen atoms in total. The Bertz CT molecular complexity index is 638. The Labute approximate surface area is 111 Å². The van der Waals surface area contributed by atoms with Crippen LogP contribution < -0.4 is 4.74 Å². The molecule has 0 fully saturated rings. The van der Waals surface area contributed by atoms with Gasteiger partial charge in [-0.05, 0) is 38.0 Å². The van der Waals surface area contributed by atoms with Crippen LogP contribution >= 0.6 is 11.3 Å². The third-order valence-electron chi connectivity index (χ3n) is 2.78. The summed E-state index contributed by atoms with van der Waals surface area (Å²) < 4.78 is 5.43. The Balaban J connectivity index is 2.66. The molecule has 1 aromatic carbocycles. The Kier molecular flexibility index (Phi) is 3.35. The van der Waals surface area contributed by atoms with Crippen LogP contribution in [0.15, 0.2) is 12.1 Å². The molecular formula is C14H14N2OS. The molecule has 4 heteroatoms. The molecule has 92 valence electrons. The number of rotatable bonds is 2. The molecule has 0 N–H and O–H groups in total. The third-order valence-corrected chi connectivity index (χ3v) is 3.86. The van der Waals surface area contributed by atoms with E-state index in [1.807, 2.05) is 26.8 Å². The molecule has 2 aromatic rings. The molecule has 0 amide bonds. The second-order valence-electron chi connectivity index (χ2n) is 4.20. The van der Waals surface area contributed by atoms with E-state index in [-0.39, 0.29) is 0 Å². The fourth-order valence-electron chi connectivity index (χ4n) is 1.97. The first kappa shape index (κ1) is 12.6. The molecule has 0 spiro atoms. The number of aryl methyl sites for hydroxylation is 3. The van der Waals surface area contributed by atoms with Crippen molar-refractivity contribution in [2.24, 2.45) is 0 Å². The summed E-state index contributed by atoms with van der Waals surface area (Å²) >= 11 is 1.41. The molecule has 18 heavy (non-hydrogen) atoms. The van der Waals surface area contributed by atoms with E-state index in [1.165, 1.54) is 11.3 Å². The van der Waals surface area contributed by atoms with Crippen molar-refractivity contribution in [3.8, 4) is 22.4 Å². The number of benzene rings is 1. The molecule has 0 radical (unpaired) electrons. The highest BCUT2D eigenvalue weighted by Gasteiger charge is 2.16. The van der Waals surface area contributed by atoms with Crippen molar-refractivity contribution in [2.45, 2.75) is 20.8 Å². The normalized spacial score (nSPS) is 10.2. The van der Waals surface area contributed by atoms with Gasteiger partial charge in [0.1, 0.15) is 21.7 Å². The molecule has 0 bridgehead atoms. The smallest absolute Gasteiger partial charge is 0.129 e. The molecule has 0 aliphatic heterocycles. The summed E-state index contributed by atoms with van der Waals surface area (Å²) in [5, 5.41) is 9.85. The van der Waals surface area contributed by atoms with E-state index in [4.69, 9.17) is 10.00 Å². The minimum atomic E-state index is 0.659. The van der Waals surface area contributed by atoms with E-state index in [2.05, 4.69) is 17.1 Å². The van der Waals surface area contributed by atoms with Gasteiger partial charge in [-0.2, -0.15) is 5.26 Å². The second-order valence-corrected chi connectivity index (χ2v) is 5.20. The fraction of sp³-hybridized carbons (Fsp3) is 0.286. The summed E-state index contributed by atoms with van der Waals surface area (Å²) in [7, 11) is 1.66. The minimum Gasteiger partial charge on any atom is -0.496 e. The van der Waals surface area contributed by atoms with E-state index in [1.54, 1.807) is 7.11 Å². The lowest BCUT2D eigenvalue weighted by Crippen LogP contribution is -1.92. The van der Waals surface area contributed by atoms with Crippen molar-refractivity contribution in [2.75, 3.05) is 7.11 Å². The molecule has 0 saturated heterocycles. The lowest BCUT2D eigenvalue weighted by molar-refractivity contribution is 0.416. The van der Waals surface area contributed by atoms with E-state index in [0.717, 1.165) is 33.1 Å². The monoisotopic (exact) mass is 258 g/mol. The van der Waals surface area contributed by atoms with Crippen LogP contribution in [-0.2, 0) is 0 Å². The second kappa shape index (κ2) is 4.79. The van der Waals surface area contributed by atoms with Crippen LogP contribution in [0.3, 0.4) is 0 Å². The first-order valence-corrected chi connectivity index (χ1v) is 6.41. The molecular weight excluding hydrogens is 244 g/mol. The molecule has 2 rings (SSSR count). The fourth-order valence-corrected chi connectivity index (χ4v) is 2.95. The van der Waals surface area contributed by atoms with E-state index < -0.39 is 0 Å². The number of thiazole rings is 1. The van der Waals surface area contributed by atoms with Crippen LogP contribution in [0.25, 0.3) is 10.6 Å². The summed E-state index contributed by atoms with van der Waals surface area (Å²) in [4.78, 5) is 5.13. The highest BCUT2D eigenvalue weighted by atomic mass is 32.1. The third kappa shape index (κ3) is 2.09. The van der Waals surface area contributed by atoms with Gasteiger partial charge >= 0.3 is 0 Å². The van der Waals surface area contributed by atoms with Crippen LogP contribution in [0.5, 0.6) is 5.75 Å².